The smallest absolute Gasteiger partial charge is 0.224 e. The molecule has 0 spiro atoms. The molecule has 0 bridgehead atoms. The van der Waals surface area contributed by atoms with Gasteiger partial charge in [0.1, 0.15) is 11.6 Å². The number of carbonyl (C=O) groups is 1. The first-order valence-electron chi connectivity index (χ1n) is 8.59. The molecule has 1 atom stereocenters. The van der Waals surface area contributed by atoms with Crippen LogP contribution in [0, 0.1) is 11.7 Å². The van der Waals surface area contributed by atoms with Gasteiger partial charge in [0, 0.05) is 38.4 Å². The van der Waals surface area contributed by atoms with E-state index in [1.165, 1.54) is 12.1 Å². The molecule has 0 unspecified atom stereocenters. The van der Waals surface area contributed by atoms with E-state index < -0.39 is 0 Å². The topological polar surface area (TPSA) is 49.3 Å². The molecule has 2 aromatic rings. The van der Waals surface area contributed by atoms with E-state index in [-0.39, 0.29) is 17.8 Å². The summed E-state index contributed by atoms with van der Waals surface area (Å²) in [5, 5.41) is 0. The van der Waals surface area contributed by atoms with Gasteiger partial charge in [-0.3, -0.25) is 9.78 Å². The second-order valence-corrected chi connectivity index (χ2v) is 6.72. The van der Waals surface area contributed by atoms with Gasteiger partial charge in [0.2, 0.25) is 5.91 Å². The lowest BCUT2D eigenvalue weighted by atomic mass is 10.0. The van der Waals surface area contributed by atoms with Gasteiger partial charge < -0.3 is 9.80 Å². The Balaban J connectivity index is 1.83. The highest BCUT2D eigenvalue weighted by Gasteiger charge is 2.32. The van der Waals surface area contributed by atoms with Crippen LogP contribution < -0.4 is 4.90 Å². The Kier molecular flexibility index (Phi) is 5.26. The van der Waals surface area contributed by atoms with E-state index in [2.05, 4.69) is 28.7 Å². The van der Waals surface area contributed by atoms with E-state index in [1.807, 2.05) is 4.90 Å². The van der Waals surface area contributed by atoms with E-state index in [9.17, 15) is 9.18 Å². The molecule has 25 heavy (non-hydrogen) atoms. The molecule has 1 aromatic carbocycles. The first kappa shape index (κ1) is 17.3. The fraction of sp³-hybridized carbons (Fsp3) is 0.421. The summed E-state index contributed by atoms with van der Waals surface area (Å²) in [6.07, 6.45) is 5.48. The molecule has 6 heteroatoms. The summed E-state index contributed by atoms with van der Waals surface area (Å²) in [5.74, 6) is 0.945. The molecule has 3 rings (SSSR count). The summed E-state index contributed by atoms with van der Waals surface area (Å²) in [6, 6.07) is 6.42. The maximum Gasteiger partial charge on any atom is 0.224 e. The van der Waals surface area contributed by atoms with Gasteiger partial charge in [-0.05, 0) is 23.6 Å². The van der Waals surface area contributed by atoms with Crippen LogP contribution in [0.2, 0.25) is 0 Å². The van der Waals surface area contributed by atoms with Crippen LogP contribution in [0.4, 0.5) is 10.2 Å². The van der Waals surface area contributed by atoms with Crippen LogP contribution in [-0.4, -0.2) is 39.9 Å². The van der Waals surface area contributed by atoms with Gasteiger partial charge in [-0.2, -0.15) is 0 Å². The molecule has 1 aliphatic rings. The lowest BCUT2D eigenvalue weighted by Crippen LogP contribution is -2.46. The minimum Gasteiger partial charge on any atom is -0.353 e. The number of carbonyl (C=O) groups excluding carboxylic acids is 1. The Morgan fingerprint density at radius 2 is 2.00 bits per heavy atom. The van der Waals surface area contributed by atoms with E-state index in [0.29, 0.717) is 32.0 Å². The molecule has 2 heterocycles. The summed E-state index contributed by atoms with van der Waals surface area (Å²) in [5.41, 5.74) is 0.938. The SMILES string of the molecule is CC(C)[C@H]1CN(c2cnccn2)CCC(=O)N1Cc1ccc(F)cc1. The van der Waals surface area contributed by atoms with Crippen LogP contribution in [0.5, 0.6) is 0 Å². The molecular formula is C19H23FN4O. The van der Waals surface area contributed by atoms with Gasteiger partial charge in [-0.25, -0.2) is 9.37 Å². The third kappa shape index (κ3) is 4.13. The van der Waals surface area contributed by atoms with Gasteiger partial charge in [0.15, 0.2) is 0 Å². The molecule has 0 aliphatic carbocycles. The molecule has 0 radical (unpaired) electrons. The highest BCUT2D eigenvalue weighted by molar-refractivity contribution is 5.78. The minimum atomic E-state index is -0.264. The van der Waals surface area contributed by atoms with Gasteiger partial charge in [-0.15, -0.1) is 0 Å². The zero-order valence-corrected chi connectivity index (χ0v) is 14.6. The maximum absolute atomic E-state index is 13.2. The molecule has 1 saturated heterocycles. The third-order valence-corrected chi connectivity index (χ3v) is 4.63. The summed E-state index contributed by atoms with van der Waals surface area (Å²) in [4.78, 5) is 25.3. The van der Waals surface area contributed by atoms with Crippen molar-refractivity contribution in [2.45, 2.75) is 32.9 Å². The third-order valence-electron chi connectivity index (χ3n) is 4.63. The normalized spacial score (nSPS) is 18.6. The lowest BCUT2D eigenvalue weighted by molar-refractivity contribution is -0.134. The number of hydrogen-bond acceptors (Lipinski definition) is 4. The van der Waals surface area contributed by atoms with E-state index in [0.717, 1.165) is 11.4 Å². The number of halogens is 1. The number of rotatable bonds is 4. The van der Waals surface area contributed by atoms with Gasteiger partial charge in [0.05, 0.1) is 12.2 Å². The highest BCUT2D eigenvalue weighted by Crippen LogP contribution is 2.23. The molecule has 5 nitrogen and oxygen atoms in total. The minimum absolute atomic E-state index is 0.0575. The summed E-state index contributed by atoms with van der Waals surface area (Å²) < 4.78 is 13.2. The Morgan fingerprint density at radius 3 is 2.64 bits per heavy atom. The Morgan fingerprint density at radius 1 is 1.24 bits per heavy atom. The van der Waals surface area contributed by atoms with Crippen molar-refractivity contribution in [1.82, 2.24) is 14.9 Å². The number of amides is 1. The van der Waals surface area contributed by atoms with Crippen molar-refractivity contribution in [2.75, 3.05) is 18.0 Å². The zero-order valence-electron chi connectivity index (χ0n) is 14.6. The summed E-state index contributed by atoms with van der Waals surface area (Å²) in [7, 11) is 0. The van der Waals surface area contributed by atoms with Crippen LogP contribution in [0.1, 0.15) is 25.8 Å². The quantitative estimate of drug-likeness (QED) is 0.857. The Bertz CT molecular complexity index is 705. The van der Waals surface area contributed by atoms with Crippen molar-refractivity contribution in [1.29, 1.82) is 0 Å². The number of hydrogen-bond donors (Lipinski definition) is 0. The average molecular weight is 342 g/mol. The number of benzene rings is 1. The van der Waals surface area contributed by atoms with E-state index in [4.69, 9.17) is 0 Å². The van der Waals surface area contributed by atoms with Crippen molar-refractivity contribution in [3.05, 3.63) is 54.2 Å². The summed E-state index contributed by atoms with van der Waals surface area (Å²) >= 11 is 0. The molecule has 1 amide bonds. The molecule has 1 aromatic heterocycles. The van der Waals surface area contributed by atoms with Crippen molar-refractivity contribution in [3.63, 3.8) is 0 Å². The predicted molar refractivity (Wildman–Crippen MR) is 94.4 cm³/mol. The first-order valence-corrected chi connectivity index (χ1v) is 8.59. The first-order chi connectivity index (χ1) is 12.0. The zero-order chi connectivity index (χ0) is 17.8. The van der Waals surface area contributed by atoms with Crippen LogP contribution in [0.3, 0.4) is 0 Å². The number of anilines is 1. The molecule has 132 valence electrons. The van der Waals surface area contributed by atoms with E-state index >= 15 is 0 Å². The Hall–Kier alpha value is -2.50. The van der Waals surface area contributed by atoms with E-state index in [1.54, 1.807) is 30.7 Å². The van der Waals surface area contributed by atoms with Gasteiger partial charge >= 0.3 is 0 Å². The monoisotopic (exact) mass is 342 g/mol. The molecule has 0 saturated carbocycles. The van der Waals surface area contributed by atoms with Crippen molar-refractivity contribution >= 4 is 11.7 Å². The fourth-order valence-corrected chi connectivity index (χ4v) is 3.20. The van der Waals surface area contributed by atoms with Crippen LogP contribution in [-0.2, 0) is 11.3 Å². The van der Waals surface area contributed by atoms with Crippen LogP contribution in [0.15, 0.2) is 42.9 Å². The second kappa shape index (κ2) is 7.59. The van der Waals surface area contributed by atoms with Gasteiger partial charge in [-0.1, -0.05) is 26.0 Å². The largest absolute Gasteiger partial charge is 0.353 e. The van der Waals surface area contributed by atoms with Crippen LogP contribution in [0.25, 0.3) is 0 Å². The maximum atomic E-state index is 13.2. The molecule has 1 fully saturated rings. The van der Waals surface area contributed by atoms with Crippen molar-refractivity contribution in [2.24, 2.45) is 5.92 Å². The van der Waals surface area contributed by atoms with Crippen molar-refractivity contribution in [3.8, 4) is 0 Å². The Labute approximate surface area is 147 Å². The van der Waals surface area contributed by atoms with Crippen LogP contribution >= 0.6 is 0 Å². The molecular weight excluding hydrogens is 319 g/mol. The standard InChI is InChI=1S/C19H23FN4O/c1-14(2)17-13-23(18-11-21-8-9-22-18)10-7-19(25)24(17)12-15-3-5-16(20)6-4-15/h3-6,8-9,11,14,17H,7,10,12-13H2,1-2H3/t17-/m1/s1. The fourth-order valence-electron chi connectivity index (χ4n) is 3.20. The highest BCUT2D eigenvalue weighted by atomic mass is 19.1. The summed E-state index contributed by atoms with van der Waals surface area (Å²) in [6.45, 7) is 6.08. The average Bonchev–Trinajstić information content (AvgIpc) is 2.78. The second-order valence-electron chi connectivity index (χ2n) is 6.72. The van der Waals surface area contributed by atoms with Crippen molar-refractivity contribution < 1.29 is 9.18 Å². The number of aromatic nitrogens is 2. The molecule has 1 aliphatic heterocycles. The molecule has 0 N–H and O–H groups in total. The lowest BCUT2D eigenvalue weighted by Gasteiger charge is -2.35. The predicted octanol–water partition coefficient (Wildman–Crippen LogP) is 2.88. The van der Waals surface area contributed by atoms with Gasteiger partial charge in [0.25, 0.3) is 0 Å². The number of nitrogens with zero attached hydrogens (tertiary/aromatic N) is 4.